The number of rotatable bonds is 6. The van der Waals surface area contributed by atoms with Crippen LogP contribution in [-0.4, -0.2) is 4.57 Å². The van der Waals surface area contributed by atoms with Gasteiger partial charge in [0.15, 0.2) is 0 Å². The van der Waals surface area contributed by atoms with Crippen LogP contribution < -0.4 is 0 Å². The van der Waals surface area contributed by atoms with E-state index >= 15 is 0 Å². The lowest BCUT2D eigenvalue weighted by Gasteiger charge is -2.18. The smallest absolute Gasteiger partial charge is 0.143 e. The van der Waals surface area contributed by atoms with Gasteiger partial charge in [0.05, 0.1) is 11.0 Å². The highest BCUT2D eigenvalue weighted by Crippen LogP contribution is 2.46. The predicted molar refractivity (Wildman–Crippen MR) is 340 cm³/mol. The van der Waals surface area contributed by atoms with Crippen LogP contribution in [0.15, 0.2) is 290 Å². The summed E-state index contributed by atoms with van der Waals surface area (Å²) in [7, 11) is 0. The summed E-state index contributed by atoms with van der Waals surface area (Å²) >= 11 is 0. The maximum Gasteiger partial charge on any atom is 0.143 e. The minimum Gasteiger partial charge on any atom is -0.455 e. The Morgan fingerprint density at radius 2 is 0.637 bits per heavy atom. The number of nitrogens with zero attached hydrogens (tertiary/aromatic N) is 1. The minimum absolute atomic E-state index is 0.868. The second-order valence-electron chi connectivity index (χ2n) is 21.5. The maximum atomic E-state index is 7.07. The van der Waals surface area contributed by atoms with Crippen LogP contribution in [0, 0.1) is 0 Å². The summed E-state index contributed by atoms with van der Waals surface area (Å²) in [6.45, 7) is 0. The molecule has 0 unspecified atom stereocenters. The molecule has 0 aliphatic carbocycles. The minimum atomic E-state index is 0.868. The van der Waals surface area contributed by atoms with Crippen LogP contribution in [0.1, 0.15) is 0 Å². The Bertz CT molecular complexity index is 5350. The lowest BCUT2D eigenvalue weighted by molar-refractivity contribution is 0.670. The Hall–Kier alpha value is -10.5. The zero-order chi connectivity index (χ0) is 52.4. The van der Waals surface area contributed by atoms with Crippen LogP contribution in [0.5, 0.6) is 0 Å². The van der Waals surface area contributed by atoms with E-state index in [1.165, 1.54) is 103 Å². The number of aromatic nitrogens is 1. The van der Waals surface area contributed by atoms with Crippen molar-refractivity contribution in [2.24, 2.45) is 0 Å². The van der Waals surface area contributed by atoms with E-state index in [0.717, 1.165) is 66.5 Å². The van der Waals surface area contributed by atoms with Crippen molar-refractivity contribution in [1.29, 1.82) is 0 Å². The molecule has 0 saturated carbocycles. The summed E-state index contributed by atoms with van der Waals surface area (Å²) in [4.78, 5) is 0. The van der Waals surface area contributed by atoms with E-state index in [2.05, 4.69) is 290 Å². The van der Waals surface area contributed by atoms with Crippen molar-refractivity contribution in [1.82, 2.24) is 4.57 Å². The van der Waals surface area contributed by atoms with Gasteiger partial charge < -0.3 is 8.98 Å². The topological polar surface area (TPSA) is 18.1 Å². The molecule has 370 valence electrons. The van der Waals surface area contributed by atoms with Crippen LogP contribution in [0.4, 0.5) is 0 Å². The lowest BCUT2D eigenvalue weighted by Crippen LogP contribution is -1.94. The van der Waals surface area contributed by atoms with Crippen molar-refractivity contribution < 1.29 is 4.42 Å². The largest absolute Gasteiger partial charge is 0.455 e. The van der Waals surface area contributed by atoms with Gasteiger partial charge in [-0.15, -0.1) is 0 Å². The Morgan fingerprint density at radius 1 is 0.225 bits per heavy atom. The van der Waals surface area contributed by atoms with E-state index in [4.69, 9.17) is 4.42 Å². The first kappa shape index (κ1) is 44.6. The molecule has 0 N–H and O–H groups in total. The molecule has 0 atom stereocenters. The lowest BCUT2D eigenvalue weighted by atomic mass is 9.86. The highest BCUT2D eigenvalue weighted by molar-refractivity contribution is 6.22. The molecule has 2 nitrogen and oxygen atoms in total. The highest BCUT2D eigenvalue weighted by atomic mass is 16.3. The van der Waals surface area contributed by atoms with Gasteiger partial charge in [0.2, 0.25) is 0 Å². The van der Waals surface area contributed by atoms with Crippen LogP contribution in [0.2, 0.25) is 0 Å². The van der Waals surface area contributed by atoms with Gasteiger partial charge in [0.1, 0.15) is 11.2 Å². The highest BCUT2D eigenvalue weighted by Gasteiger charge is 2.21. The third-order valence-electron chi connectivity index (χ3n) is 17.1. The standard InChI is InChI=1S/C78H47NO/c1-2-16-52(17-3-1)76-63-21-8-10-23-65(63)77(66-24-11-9-22-64(66)76)53-34-38-59(39-35-53)79-73-25-13-12-20-62(73)70-45-57(36-40-74(70)79)69-46-58(56-33-31-51-29-27-49-15-5-7-19-61(49)68(51)43-56)47-72-71-44-55(37-41-75(71)80-78(69)72)54-32-30-50-28-26-48-14-4-6-18-60(48)67(50)42-54/h1-47H. The van der Waals surface area contributed by atoms with Crippen molar-refractivity contribution in [3.63, 3.8) is 0 Å². The maximum absolute atomic E-state index is 7.07. The Kier molecular flexibility index (Phi) is 9.75. The fourth-order valence-electron chi connectivity index (χ4n) is 13.4. The SMILES string of the molecule is c1ccc(-c2c3ccccc3c(-c3ccc(-n4c5ccccc5c5cc(-c6cc(-c7ccc8ccc9ccccc9c8c7)cc7c6oc6ccc(-c8ccc9ccc%10ccccc%10c9c8)cc67)ccc54)cc3)c3ccccc23)cc1. The van der Waals surface area contributed by atoms with E-state index in [0.29, 0.717) is 0 Å². The normalized spacial score (nSPS) is 12.0. The molecule has 0 aliphatic heterocycles. The van der Waals surface area contributed by atoms with Gasteiger partial charge in [-0.25, -0.2) is 0 Å². The molecule has 0 radical (unpaired) electrons. The first-order valence-electron chi connectivity index (χ1n) is 27.6. The van der Waals surface area contributed by atoms with E-state index in [-0.39, 0.29) is 0 Å². The summed E-state index contributed by atoms with van der Waals surface area (Å²) in [5.74, 6) is 0. The van der Waals surface area contributed by atoms with Crippen LogP contribution in [-0.2, 0) is 0 Å². The molecule has 0 fully saturated rings. The molecule has 17 aromatic rings. The van der Waals surface area contributed by atoms with Gasteiger partial charge in [0.25, 0.3) is 0 Å². The van der Waals surface area contributed by atoms with Gasteiger partial charge in [-0.1, -0.05) is 218 Å². The third kappa shape index (κ3) is 6.86. The average Bonchev–Trinajstić information content (AvgIpc) is 4.10. The number of fused-ring (bicyclic) bond motifs is 14. The molecule has 17 rings (SSSR count). The van der Waals surface area contributed by atoms with Crippen LogP contribution in [0.25, 0.3) is 170 Å². The number of furan rings is 1. The molecule has 2 heteroatoms. The number of para-hydroxylation sites is 1. The van der Waals surface area contributed by atoms with Crippen molar-refractivity contribution >= 4 is 108 Å². The summed E-state index contributed by atoms with van der Waals surface area (Å²) in [5.41, 5.74) is 16.9. The summed E-state index contributed by atoms with van der Waals surface area (Å²) in [6, 6.07) is 105. The van der Waals surface area contributed by atoms with Gasteiger partial charge in [0, 0.05) is 32.8 Å². The number of benzene rings is 15. The summed E-state index contributed by atoms with van der Waals surface area (Å²) in [5, 5.41) is 19.6. The summed E-state index contributed by atoms with van der Waals surface area (Å²) in [6.07, 6.45) is 0. The molecular formula is C78H47NO. The number of hydrogen-bond donors (Lipinski definition) is 0. The van der Waals surface area contributed by atoms with Gasteiger partial charge in [-0.3, -0.25) is 0 Å². The first-order valence-corrected chi connectivity index (χ1v) is 27.6. The fourth-order valence-corrected chi connectivity index (χ4v) is 13.4. The Morgan fingerprint density at radius 3 is 1.25 bits per heavy atom. The molecule has 0 amide bonds. The molecular weight excluding hydrogens is 967 g/mol. The van der Waals surface area contributed by atoms with Crippen molar-refractivity contribution in [2.75, 3.05) is 0 Å². The van der Waals surface area contributed by atoms with Crippen molar-refractivity contribution in [3.8, 4) is 61.3 Å². The first-order chi connectivity index (χ1) is 39.6. The van der Waals surface area contributed by atoms with Gasteiger partial charge >= 0.3 is 0 Å². The van der Waals surface area contributed by atoms with Gasteiger partial charge in [-0.2, -0.15) is 0 Å². The van der Waals surface area contributed by atoms with Crippen molar-refractivity contribution in [3.05, 3.63) is 285 Å². The molecule has 0 bridgehead atoms. The molecule has 0 aliphatic rings. The molecule has 80 heavy (non-hydrogen) atoms. The zero-order valence-corrected chi connectivity index (χ0v) is 43.5. The molecule has 2 heterocycles. The Balaban J connectivity index is 0.836. The van der Waals surface area contributed by atoms with E-state index in [9.17, 15) is 0 Å². The van der Waals surface area contributed by atoms with Crippen molar-refractivity contribution in [2.45, 2.75) is 0 Å². The average molecular weight is 1010 g/mol. The van der Waals surface area contributed by atoms with Crippen LogP contribution >= 0.6 is 0 Å². The van der Waals surface area contributed by atoms with E-state index < -0.39 is 0 Å². The predicted octanol–water partition coefficient (Wildman–Crippen LogP) is 21.9. The van der Waals surface area contributed by atoms with E-state index in [1.807, 2.05) is 0 Å². The molecule has 0 saturated heterocycles. The quantitative estimate of drug-likeness (QED) is 0.120. The second kappa shape index (κ2) is 17.5. The summed E-state index contributed by atoms with van der Waals surface area (Å²) < 4.78 is 9.50. The van der Waals surface area contributed by atoms with Gasteiger partial charge in [-0.05, 0) is 181 Å². The van der Waals surface area contributed by atoms with E-state index in [1.54, 1.807) is 0 Å². The molecule has 2 aromatic heterocycles. The zero-order valence-electron chi connectivity index (χ0n) is 43.5. The monoisotopic (exact) mass is 1010 g/mol. The number of hydrogen-bond acceptors (Lipinski definition) is 1. The molecule has 0 spiro atoms. The fraction of sp³-hybridized carbons (Fsp3) is 0. The van der Waals surface area contributed by atoms with Crippen LogP contribution in [0.3, 0.4) is 0 Å². The third-order valence-corrected chi connectivity index (χ3v) is 17.1. The second-order valence-corrected chi connectivity index (χ2v) is 21.5. The Labute approximate surface area is 461 Å². The molecule has 15 aromatic carbocycles.